The van der Waals surface area contributed by atoms with E-state index in [1.165, 1.54) is 18.3 Å². The van der Waals surface area contributed by atoms with Crippen LogP contribution in [0.1, 0.15) is 30.2 Å². The first-order valence-electron chi connectivity index (χ1n) is 5.57. The molecule has 0 aliphatic carbocycles. The average Bonchev–Trinajstić information content (AvgIpc) is 2.78. The van der Waals surface area contributed by atoms with Crippen molar-refractivity contribution in [3.8, 4) is 11.5 Å². The monoisotopic (exact) mass is 248 g/mol. The molecule has 18 heavy (non-hydrogen) atoms. The summed E-state index contributed by atoms with van der Waals surface area (Å²) in [5, 5.41) is 4.10. The molecule has 4 nitrogen and oxygen atoms in total. The van der Waals surface area contributed by atoms with Crippen molar-refractivity contribution in [2.45, 2.75) is 19.9 Å². The van der Waals surface area contributed by atoms with Gasteiger partial charge in [0.15, 0.2) is 12.0 Å². The molecule has 0 unspecified atom stereocenters. The molecular formula is C13H13FN2O2. The van der Waals surface area contributed by atoms with Crippen molar-refractivity contribution in [3.63, 3.8) is 0 Å². The number of carbonyl (C=O) groups excluding carboxylic acids is 1. The molecular weight excluding hydrogens is 235 g/mol. The highest BCUT2D eigenvalue weighted by Gasteiger charge is 2.10. The third kappa shape index (κ3) is 2.40. The van der Waals surface area contributed by atoms with Gasteiger partial charge in [0.1, 0.15) is 11.6 Å². The normalized spacial score (nSPS) is 10.7. The van der Waals surface area contributed by atoms with E-state index in [1.54, 1.807) is 16.9 Å². The number of ether oxygens (including phenoxy) is 1. The second kappa shape index (κ2) is 5.00. The van der Waals surface area contributed by atoms with Crippen LogP contribution in [0.25, 0.3) is 0 Å². The fraction of sp³-hybridized carbons (Fsp3) is 0.231. The zero-order chi connectivity index (χ0) is 13.1. The van der Waals surface area contributed by atoms with Crippen LogP contribution in [0.5, 0.6) is 11.5 Å². The van der Waals surface area contributed by atoms with Crippen LogP contribution < -0.4 is 4.74 Å². The van der Waals surface area contributed by atoms with Gasteiger partial charge in [-0.05, 0) is 26.0 Å². The maximum Gasteiger partial charge on any atom is 0.165 e. The Balaban J connectivity index is 2.28. The van der Waals surface area contributed by atoms with Crippen molar-refractivity contribution < 1.29 is 13.9 Å². The molecule has 2 aromatic rings. The smallest absolute Gasteiger partial charge is 0.165 e. The molecule has 0 bridgehead atoms. The van der Waals surface area contributed by atoms with E-state index >= 15 is 0 Å². The number of hydrogen-bond donors (Lipinski definition) is 0. The first-order chi connectivity index (χ1) is 8.61. The summed E-state index contributed by atoms with van der Waals surface area (Å²) in [6.45, 7) is 3.96. The van der Waals surface area contributed by atoms with Crippen LogP contribution in [-0.2, 0) is 0 Å². The van der Waals surface area contributed by atoms with Crippen LogP contribution in [0.15, 0.2) is 30.6 Å². The lowest BCUT2D eigenvalue weighted by molar-refractivity contribution is 0.111. The zero-order valence-electron chi connectivity index (χ0n) is 10.1. The number of nitrogens with zero attached hydrogens (tertiary/aromatic N) is 2. The largest absolute Gasteiger partial charge is 0.453 e. The van der Waals surface area contributed by atoms with Crippen LogP contribution in [0.4, 0.5) is 4.39 Å². The summed E-state index contributed by atoms with van der Waals surface area (Å²) in [4.78, 5) is 10.8. The minimum Gasteiger partial charge on any atom is -0.453 e. The van der Waals surface area contributed by atoms with Gasteiger partial charge in [-0.3, -0.25) is 9.48 Å². The van der Waals surface area contributed by atoms with Crippen LogP contribution in [0.2, 0.25) is 0 Å². The number of hydrogen-bond acceptors (Lipinski definition) is 3. The number of benzene rings is 1. The number of rotatable bonds is 4. The van der Waals surface area contributed by atoms with E-state index in [0.29, 0.717) is 12.0 Å². The summed E-state index contributed by atoms with van der Waals surface area (Å²) in [5.74, 6) is 0.0597. The van der Waals surface area contributed by atoms with Gasteiger partial charge in [0, 0.05) is 6.04 Å². The maximum absolute atomic E-state index is 13.4. The topological polar surface area (TPSA) is 44.1 Å². The molecule has 2 rings (SSSR count). The highest BCUT2D eigenvalue weighted by molar-refractivity contribution is 5.79. The predicted octanol–water partition coefficient (Wildman–Crippen LogP) is 3.21. The van der Waals surface area contributed by atoms with Crippen molar-refractivity contribution in [2.24, 2.45) is 0 Å². The van der Waals surface area contributed by atoms with E-state index in [2.05, 4.69) is 5.10 Å². The van der Waals surface area contributed by atoms with E-state index in [1.807, 2.05) is 13.8 Å². The van der Waals surface area contributed by atoms with E-state index < -0.39 is 5.82 Å². The summed E-state index contributed by atoms with van der Waals surface area (Å²) < 4.78 is 20.5. The minimum atomic E-state index is -0.598. The maximum atomic E-state index is 13.4. The second-order valence-corrected chi connectivity index (χ2v) is 4.12. The molecule has 0 saturated heterocycles. The van der Waals surface area contributed by atoms with Gasteiger partial charge in [0.2, 0.25) is 0 Å². The molecule has 1 heterocycles. The summed E-state index contributed by atoms with van der Waals surface area (Å²) in [7, 11) is 0. The molecule has 0 fully saturated rings. The van der Waals surface area contributed by atoms with Crippen molar-refractivity contribution in [3.05, 3.63) is 42.0 Å². The van der Waals surface area contributed by atoms with Crippen molar-refractivity contribution in [1.29, 1.82) is 0 Å². The van der Waals surface area contributed by atoms with Gasteiger partial charge in [-0.2, -0.15) is 5.10 Å². The Hall–Kier alpha value is -2.17. The highest BCUT2D eigenvalue weighted by Crippen LogP contribution is 2.26. The van der Waals surface area contributed by atoms with E-state index in [9.17, 15) is 9.18 Å². The molecule has 5 heteroatoms. The van der Waals surface area contributed by atoms with E-state index in [4.69, 9.17) is 4.74 Å². The molecule has 0 saturated carbocycles. The van der Waals surface area contributed by atoms with Gasteiger partial charge in [-0.15, -0.1) is 0 Å². The Morgan fingerprint density at radius 1 is 1.44 bits per heavy atom. The van der Waals surface area contributed by atoms with Crippen LogP contribution in [-0.4, -0.2) is 16.1 Å². The molecule has 94 valence electrons. The molecule has 0 N–H and O–H groups in total. The van der Waals surface area contributed by atoms with Crippen molar-refractivity contribution >= 4 is 6.29 Å². The Morgan fingerprint density at radius 2 is 2.22 bits per heavy atom. The van der Waals surface area contributed by atoms with Crippen LogP contribution in [0.3, 0.4) is 0 Å². The van der Waals surface area contributed by atoms with E-state index in [-0.39, 0.29) is 17.4 Å². The zero-order valence-corrected chi connectivity index (χ0v) is 10.1. The van der Waals surface area contributed by atoms with E-state index in [0.717, 1.165) is 0 Å². The minimum absolute atomic E-state index is 0.0882. The number of halogens is 1. The molecule has 0 atom stereocenters. The number of carbonyl (C=O) groups is 1. The Labute approximate surface area is 104 Å². The Morgan fingerprint density at radius 3 is 2.83 bits per heavy atom. The molecule has 0 aliphatic rings. The Kier molecular flexibility index (Phi) is 3.41. The number of aromatic nitrogens is 2. The molecule has 0 amide bonds. The van der Waals surface area contributed by atoms with Gasteiger partial charge in [-0.1, -0.05) is 6.07 Å². The molecule has 0 radical (unpaired) electrons. The quantitative estimate of drug-likeness (QED) is 0.780. The molecule has 0 spiro atoms. The average molecular weight is 248 g/mol. The van der Waals surface area contributed by atoms with Gasteiger partial charge in [0.25, 0.3) is 0 Å². The highest BCUT2D eigenvalue weighted by atomic mass is 19.1. The fourth-order valence-electron chi connectivity index (χ4n) is 1.50. The predicted molar refractivity (Wildman–Crippen MR) is 64.5 cm³/mol. The van der Waals surface area contributed by atoms with Gasteiger partial charge < -0.3 is 4.74 Å². The Bertz CT molecular complexity index is 564. The van der Waals surface area contributed by atoms with Gasteiger partial charge in [-0.25, -0.2) is 4.39 Å². The number of aldehydes is 1. The van der Waals surface area contributed by atoms with Crippen LogP contribution >= 0.6 is 0 Å². The SMILES string of the molecule is CC(C)n1cc(Oc2cccc(F)c2C=O)cn1. The third-order valence-corrected chi connectivity index (χ3v) is 2.47. The van der Waals surface area contributed by atoms with Gasteiger partial charge in [0.05, 0.1) is 18.0 Å². The summed E-state index contributed by atoms with van der Waals surface area (Å²) >= 11 is 0. The molecule has 0 aliphatic heterocycles. The second-order valence-electron chi connectivity index (χ2n) is 4.12. The summed E-state index contributed by atoms with van der Waals surface area (Å²) in [6.07, 6.45) is 3.67. The lowest BCUT2D eigenvalue weighted by Crippen LogP contribution is -1.99. The van der Waals surface area contributed by atoms with Gasteiger partial charge >= 0.3 is 0 Å². The van der Waals surface area contributed by atoms with Crippen molar-refractivity contribution in [1.82, 2.24) is 9.78 Å². The first-order valence-corrected chi connectivity index (χ1v) is 5.57. The standard InChI is InChI=1S/C13H13FN2O2/c1-9(2)16-7-10(6-15-16)18-13-5-3-4-12(14)11(13)8-17/h3-9H,1-2H3. The fourth-order valence-corrected chi connectivity index (χ4v) is 1.50. The first kappa shape index (κ1) is 12.3. The lowest BCUT2D eigenvalue weighted by atomic mass is 10.2. The summed E-state index contributed by atoms with van der Waals surface area (Å²) in [5.41, 5.74) is -0.0882. The molecule has 1 aromatic carbocycles. The molecule has 1 aromatic heterocycles. The third-order valence-electron chi connectivity index (χ3n) is 2.47. The lowest BCUT2D eigenvalue weighted by Gasteiger charge is -2.06. The van der Waals surface area contributed by atoms with Crippen molar-refractivity contribution in [2.75, 3.05) is 0 Å². The summed E-state index contributed by atoms with van der Waals surface area (Å²) in [6, 6.07) is 4.46. The van der Waals surface area contributed by atoms with Crippen LogP contribution in [0, 0.1) is 5.82 Å².